The Morgan fingerprint density at radius 1 is 1.10 bits per heavy atom. The summed E-state index contributed by atoms with van der Waals surface area (Å²) in [6.07, 6.45) is -4.63. The maximum atomic E-state index is 12.6. The molecule has 0 heterocycles. The zero-order valence-electron chi connectivity index (χ0n) is 11.0. The Morgan fingerprint density at radius 3 is 2.38 bits per heavy atom. The van der Waals surface area contributed by atoms with Crippen molar-refractivity contribution in [3.63, 3.8) is 0 Å². The summed E-state index contributed by atoms with van der Waals surface area (Å²) in [5.41, 5.74) is 5.58. The lowest BCUT2D eigenvalue weighted by atomic mass is 10.1. The smallest absolute Gasteiger partial charge is 0.407 e. The van der Waals surface area contributed by atoms with Crippen LogP contribution in [0.5, 0.6) is 11.5 Å². The minimum absolute atomic E-state index is 0.214. The van der Waals surface area contributed by atoms with Crippen molar-refractivity contribution in [2.45, 2.75) is 18.8 Å². The molecule has 2 aromatic carbocycles. The first-order chi connectivity index (χ1) is 9.88. The van der Waals surface area contributed by atoms with Crippen molar-refractivity contribution in [1.82, 2.24) is 0 Å². The third-order valence-electron chi connectivity index (χ3n) is 2.94. The van der Waals surface area contributed by atoms with E-state index in [1.807, 2.05) is 30.3 Å². The summed E-state index contributed by atoms with van der Waals surface area (Å²) in [5.74, 6) is -0.293. The van der Waals surface area contributed by atoms with Crippen LogP contribution in [0.15, 0.2) is 48.5 Å². The maximum Gasteiger partial charge on any atom is 0.407 e. The number of nitrogens with two attached hydrogens (primary N) is 1. The molecule has 0 aliphatic carbocycles. The van der Waals surface area contributed by atoms with Gasteiger partial charge in [0.1, 0.15) is 24.1 Å². The van der Waals surface area contributed by atoms with Gasteiger partial charge in [0.15, 0.2) is 0 Å². The van der Waals surface area contributed by atoms with Crippen LogP contribution in [-0.4, -0.2) is 11.3 Å². The number of phenols is 1. The number of alkyl halides is 3. The Kier molecular flexibility index (Phi) is 4.37. The third kappa shape index (κ3) is 3.88. The zero-order valence-corrected chi connectivity index (χ0v) is 11.0. The molecule has 0 amide bonds. The highest BCUT2D eigenvalue weighted by Gasteiger charge is 2.39. The predicted molar refractivity (Wildman–Crippen MR) is 71.9 cm³/mol. The van der Waals surface area contributed by atoms with Crippen LogP contribution in [0.25, 0.3) is 0 Å². The van der Waals surface area contributed by atoms with Crippen LogP contribution in [0.2, 0.25) is 0 Å². The average Bonchev–Trinajstić information content (AvgIpc) is 2.46. The van der Waals surface area contributed by atoms with Crippen LogP contribution >= 0.6 is 0 Å². The van der Waals surface area contributed by atoms with Gasteiger partial charge >= 0.3 is 6.18 Å². The summed E-state index contributed by atoms with van der Waals surface area (Å²) in [6, 6.07) is 10.6. The summed E-state index contributed by atoms with van der Waals surface area (Å²) in [6.45, 7) is 0.215. The van der Waals surface area contributed by atoms with Gasteiger partial charge in [-0.2, -0.15) is 13.2 Å². The Hall–Kier alpha value is -2.21. The quantitative estimate of drug-likeness (QED) is 0.907. The van der Waals surface area contributed by atoms with E-state index in [1.165, 1.54) is 6.07 Å². The van der Waals surface area contributed by atoms with Crippen molar-refractivity contribution in [3.05, 3.63) is 59.7 Å². The molecule has 0 aliphatic heterocycles. The van der Waals surface area contributed by atoms with E-state index in [0.717, 1.165) is 17.7 Å². The molecular weight excluding hydrogens is 283 g/mol. The SMILES string of the molecule is N[C@@H](c1cc(OCc2ccccc2)ccc1O)C(F)(F)F. The monoisotopic (exact) mass is 297 g/mol. The predicted octanol–water partition coefficient (Wildman–Crippen LogP) is 3.53. The van der Waals surface area contributed by atoms with E-state index in [1.54, 1.807) is 0 Å². The number of benzene rings is 2. The molecule has 0 fully saturated rings. The molecule has 0 spiro atoms. The van der Waals surface area contributed by atoms with E-state index in [0.29, 0.717) is 0 Å². The van der Waals surface area contributed by atoms with E-state index in [4.69, 9.17) is 10.5 Å². The van der Waals surface area contributed by atoms with Gasteiger partial charge < -0.3 is 15.6 Å². The first kappa shape index (κ1) is 15.2. The van der Waals surface area contributed by atoms with Crippen molar-refractivity contribution in [2.75, 3.05) is 0 Å². The molecule has 2 aromatic rings. The van der Waals surface area contributed by atoms with E-state index >= 15 is 0 Å². The lowest BCUT2D eigenvalue weighted by molar-refractivity contribution is -0.149. The molecule has 21 heavy (non-hydrogen) atoms. The second-order valence-electron chi connectivity index (χ2n) is 4.51. The minimum Gasteiger partial charge on any atom is -0.508 e. The van der Waals surface area contributed by atoms with Gasteiger partial charge in [-0.25, -0.2) is 0 Å². The van der Waals surface area contributed by atoms with Crippen molar-refractivity contribution in [1.29, 1.82) is 0 Å². The second kappa shape index (κ2) is 6.05. The molecular formula is C15H14F3NO2. The van der Waals surface area contributed by atoms with Crippen molar-refractivity contribution >= 4 is 0 Å². The molecule has 6 heteroatoms. The van der Waals surface area contributed by atoms with Crippen molar-refractivity contribution in [2.24, 2.45) is 5.73 Å². The van der Waals surface area contributed by atoms with Gasteiger partial charge in [-0.15, -0.1) is 0 Å². The Bertz CT molecular complexity index is 600. The molecule has 0 saturated heterocycles. The Balaban J connectivity index is 2.15. The molecule has 0 radical (unpaired) electrons. The molecule has 3 N–H and O–H groups in total. The Morgan fingerprint density at radius 2 is 1.76 bits per heavy atom. The summed E-state index contributed by atoms with van der Waals surface area (Å²) >= 11 is 0. The standard InChI is InChI=1S/C15H14F3NO2/c16-15(17,18)14(19)12-8-11(6-7-13(12)20)21-9-10-4-2-1-3-5-10/h1-8,14,20H,9,19H2/t14-/m0/s1. The fourth-order valence-electron chi connectivity index (χ4n) is 1.79. The van der Waals surface area contributed by atoms with Crippen LogP contribution in [-0.2, 0) is 6.61 Å². The molecule has 0 aromatic heterocycles. The lowest BCUT2D eigenvalue weighted by Gasteiger charge is -2.18. The van der Waals surface area contributed by atoms with Gasteiger partial charge in [-0.3, -0.25) is 0 Å². The van der Waals surface area contributed by atoms with E-state index in [9.17, 15) is 18.3 Å². The number of ether oxygens (including phenoxy) is 1. The normalized spacial score (nSPS) is 13.0. The zero-order chi connectivity index (χ0) is 15.5. The largest absolute Gasteiger partial charge is 0.508 e. The highest BCUT2D eigenvalue weighted by atomic mass is 19.4. The molecule has 0 aliphatic rings. The van der Waals surface area contributed by atoms with Gasteiger partial charge in [0.25, 0.3) is 0 Å². The van der Waals surface area contributed by atoms with Crippen LogP contribution in [0.3, 0.4) is 0 Å². The molecule has 1 atom stereocenters. The number of aromatic hydroxyl groups is 1. The topological polar surface area (TPSA) is 55.5 Å². The second-order valence-corrected chi connectivity index (χ2v) is 4.51. The minimum atomic E-state index is -4.63. The molecule has 0 unspecified atom stereocenters. The van der Waals surface area contributed by atoms with Crippen molar-refractivity contribution < 1.29 is 23.0 Å². The fourth-order valence-corrected chi connectivity index (χ4v) is 1.79. The fraction of sp³-hybridized carbons (Fsp3) is 0.200. The third-order valence-corrected chi connectivity index (χ3v) is 2.94. The highest BCUT2D eigenvalue weighted by Crippen LogP contribution is 2.36. The van der Waals surface area contributed by atoms with E-state index in [2.05, 4.69) is 0 Å². The van der Waals surface area contributed by atoms with Gasteiger partial charge in [-0.05, 0) is 23.8 Å². The summed E-state index contributed by atoms with van der Waals surface area (Å²) in [5, 5.41) is 9.52. The number of hydrogen-bond donors (Lipinski definition) is 2. The van der Waals surface area contributed by atoms with Crippen LogP contribution < -0.4 is 10.5 Å². The first-order valence-corrected chi connectivity index (χ1v) is 6.20. The van der Waals surface area contributed by atoms with Gasteiger partial charge in [0, 0.05) is 5.56 Å². The lowest BCUT2D eigenvalue weighted by Crippen LogP contribution is -2.28. The summed E-state index contributed by atoms with van der Waals surface area (Å²) < 4.78 is 43.3. The number of halogens is 3. The van der Waals surface area contributed by atoms with Crippen molar-refractivity contribution in [3.8, 4) is 11.5 Å². The van der Waals surface area contributed by atoms with Crippen LogP contribution in [0, 0.1) is 0 Å². The van der Waals surface area contributed by atoms with E-state index < -0.39 is 23.5 Å². The first-order valence-electron chi connectivity index (χ1n) is 6.20. The molecule has 0 bridgehead atoms. The number of hydrogen-bond acceptors (Lipinski definition) is 3. The average molecular weight is 297 g/mol. The summed E-state index contributed by atoms with van der Waals surface area (Å²) in [4.78, 5) is 0. The summed E-state index contributed by atoms with van der Waals surface area (Å²) in [7, 11) is 0. The molecule has 2 rings (SSSR count). The Labute approximate surface area is 119 Å². The molecule has 112 valence electrons. The van der Waals surface area contributed by atoms with Gasteiger partial charge in [0.05, 0.1) is 0 Å². The number of rotatable bonds is 4. The number of phenolic OH excluding ortho intramolecular Hbond substituents is 1. The van der Waals surface area contributed by atoms with E-state index in [-0.39, 0.29) is 12.4 Å². The van der Waals surface area contributed by atoms with Crippen LogP contribution in [0.4, 0.5) is 13.2 Å². The molecule has 3 nitrogen and oxygen atoms in total. The highest BCUT2D eigenvalue weighted by molar-refractivity contribution is 5.41. The molecule has 0 saturated carbocycles. The van der Waals surface area contributed by atoms with Gasteiger partial charge in [0.2, 0.25) is 0 Å². The van der Waals surface area contributed by atoms with Crippen LogP contribution in [0.1, 0.15) is 17.2 Å². The maximum absolute atomic E-state index is 12.6. The van der Waals surface area contributed by atoms with Gasteiger partial charge in [-0.1, -0.05) is 30.3 Å².